The molecule has 0 aromatic carbocycles. The van der Waals surface area contributed by atoms with E-state index in [1.165, 1.54) is 0 Å². The lowest BCUT2D eigenvalue weighted by Gasteiger charge is -2.12. The van der Waals surface area contributed by atoms with Gasteiger partial charge in [-0.25, -0.2) is 5.48 Å². The van der Waals surface area contributed by atoms with E-state index in [0.717, 1.165) is 0 Å². The molecule has 1 aliphatic heterocycles. The van der Waals surface area contributed by atoms with E-state index in [4.69, 9.17) is 4.74 Å². The topological polar surface area (TPSA) is 47.6 Å². The van der Waals surface area contributed by atoms with Gasteiger partial charge < -0.3 is 4.74 Å². The Kier molecular flexibility index (Phi) is 3.40. The first kappa shape index (κ1) is 10.6. The molecule has 1 heterocycles. The lowest BCUT2D eigenvalue weighted by atomic mass is 10.3. The maximum atomic E-state index is 12.0. The first-order valence-corrected chi connectivity index (χ1v) is 3.98. The van der Waals surface area contributed by atoms with Crippen LogP contribution in [-0.2, 0) is 14.4 Å². The van der Waals surface area contributed by atoms with Crippen LogP contribution in [-0.4, -0.2) is 30.6 Å². The van der Waals surface area contributed by atoms with Crippen LogP contribution in [0.3, 0.4) is 0 Å². The highest BCUT2D eigenvalue weighted by molar-refractivity contribution is 6.32. The van der Waals surface area contributed by atoms with Crippen molar-refractivity contribution in [1.82, 2.24) is 5.48 Å². The zero-order chi connectivity index (χ0) is 9.90. The van der Waals surface area contributed by atoms with Crippen LogP contribution in [0.15, 0.2) is 0 Å². The number of amides is 1. The average Bonchev–Trinajstić information content (AvgIpc) is 2.50. The van der Waals surface area contributed by atoms with E-state index >= 15 is 0 Å². The zero-order valence-corrected chi connectivity index (χ0v) is 7.31. The minimum atomic E-state index is -3.93. The Morgan fingerprint density at radius 2 is 2.38 bits per heavy atom. The van der Waals surface area contributed by atoms with Crippen LogP contribution in [0.5, 0.6) is 0 Å². The van der Waals surface area contributed by atoms with Gasteiger partial charge in [0.25, 0.3) is 0 Å². The molecule has 1 saturated heterocycles. The van der Waals surface area contributed by atoms with Crippen molar-refractivity contribution in [1.29, 1.82) is 0 Å². The zero-order valence-electron chi connectivity index (χ0n) is 6.56. The summed E-state index contributed by atoms with van der Waals surface area (Å²) in [6.45, 7) is 0.784. The van der Waals surface area contributed by atoms with E-state index in [1.807, 2.05) is 0 Å². The maximum Gasteiger partial charge on any atom is 0.401 e. The molecule has 0 aliphatic carbocycles. The van der Waals surface area contributed by atoms with Crippen LogP contribution in [0, 0.1) is 0 Å². The lowest BCUT2D eigenvalue weighted by molar-refractivity contribution is -0.153. The number of nitrogens with one attached hydrogen (secondary N) is 1. The summed E-state index contributed by atoms with van der Waals surface area (Å²) in [5.41, 5.74) is 1.56. The minimum absolute atomic E-state index is 0.286. The molecular weight excluding hydrogens is 208 g/mol. The van der Waals surface area contributed by atoms with Gasteiger partial charge in [0.1, 0.15) is 6.10 Å². The number of halogens is 3. The van der Waals surface area contributed by atoms with Crippen molar-refractivity contribution in [2.45, 2.75) is 17.9 Å². The Labute approximate surface area is 78.1 Å². The second-order valence-electron chi connectivity index (χ2n) is 2.53. The largest absolute Gasteiger partial charge is 0.401 e. The van der Waals surface area contributed by atoms with Gasteiger partial charge >= 0.3 is 11.3 Å². The first-order chi connectivity index (χ1) is 6.00. The Morgan fingerprint density at radius 3 is 2.85 bits per heavy atom. The van der Waals surface area contributed by atoms with Crippen LogP contribution in [0.25, 0.3) is 0 Å². The van der Waals surface area contributed by atoms with E-state index in [9.17, 15) is 13.6 Å². The van der Waals surface area contributed by atoms with Crippen LogP contribution < -0.4 is 5.48 Å². The number of carbonyl (C=O) groups excluding carboxylic acids is 1. The molecule has 0 aromatic rings. The third kappa shape index (κ3) is 3.41. The lowest BCUT2D eigenvalue weighted by Crippen LogP contribution is -2.38. The van der Waals surface area contributed by atoms with Crippen molar-refractivity contribution in [3.63, 3.8) is 0 Å². The van der Waals surface area contributed by atoms with Gasteiger partial charge in [0.2, 0.25) is 0 Å². The molecule has 0 saturated carbocycles. The van der Waals surface area contributed by atoms with Gasteiger partial charge in [-0.1, -0.05) is 0 Å². The van der Waals surface area contributed by atoms with E-state index in [2.05, 4.69) is 16.4 Å². The smallest absolute Gasteiger partial charge is 0.379 e. The third-order valence-electron chi connectivity index (χ3n) is 1.46. The molecule has 76 valence electrons. The number of hydrogen-bond donors (Lipinski definition) is 1. The molecule has 1 aliphatic rings. The number of carbonyl (C=O) groups is 1. The summed E-state index contributed by atoms with van der Waals surface area (Å²) < 4.78 is 28.9. The SMILES string of the molecule is O=C(NOC1CCOC1)C(F)(F)Cl. The van der Waals surface area contributed by atoms with Crippen molar-refractivity contribution in [2.75, 3.05) is 13.2 Å². The molecule has 0 bridgehead atoms. The van der Waals surface area contributed by atoms with Gasteiger partial charge in [-0.3, -0.25) is 9.63 Å². The fraction of sp³-hybridized carbons (Fsp3) is 0.833. The van der Waals surface area contributed by atoms with Crippen molar-refractivity contribution in [2.24, 2.45) is 0 Å². The quantitative estimate of drug-likeness (QED) is 0.556. The van der Waals surface area contributed by atoms with E-state index < -0.39 is 11.3 Å². The molecule has 4 nitrogen and oxygen atoms in total. The van der Waals surface area contributed by atoms with Crippen molar-refractivity contribution < 1.29 is 23.1 Å². The van der Waals surface area contributed by atoms with E-state index in [1.54, 1.807) is 5.48 Å². The van der Waals surface area contributed by atoms with Gasteiger partial charge in [0.15, 0.2) is 0 Å². The molecule has 0 radical (unpaired) electrons. The summed E-state index contributed by atoms with van der Waals surface area (Å²) in [6, 6.07) is 0. The van der Waals surface area contributed by atoms with Gasteiger partial charge in [-0.15, -0.1) is 0 Å². The van der Waals surface area contributed by atoms with E-state index in [0.29, 0.717) is 13.0 Å². The fourth-order valence-corrected chi connectivity index (χ4v) is 0.839. The molecule has 1 rings (SSSR count). The number of alkyl halides is 3. The Hall–Kier alpha value is -0.460. The molecule has 1 amide bonds. The van der Waals surface area contributed by atoms with E-state index in [-0.39, 0.29) is 12.7 Å². The second kappa shape index (κ2) is 4.17. The average molecular weight is 216 g/mol. The maximum absolute atomic E-state index is 12.0. The fourth-order valence-electron chi connectivity index (χ4n) is 0.801. The summed E-state index contributed by atoms with van der Waals surface area (Å²) in [7, 11) is 0. The first-order valence-electron chi connectivity index (χ1n) is 3.60. The normalized spacial score (nSPS) is 23.2. The number of rotatable bonds is 3. The third-order valence-corrected chi connectivity index (χ3v) is 1.64. The van der Waals surface area contributed by atoms with Crippen LogP contribution in [0.1, 0.15) is 6.42 Å². The molecule has 0 aromatic heterocycles. The summed E-state index contributed by atoms with van der Waals surface area (Å²) in [5.74, 6) is -1.67. The molecular formula is C6H8ClF2NO3. The molecule has 0 spiro atoms. The number of hydroxylamine groups is 1. The highest BCUT2D eigenvalue weighted by atomic mass is 35.5. The van der Waals surface area contributed by atoms with Crippen LogP contribution in [0.2, 0.25) is 0 Å². The number of ether oxygens (including phenoxy) is 1. The van der Waals surface area contributed by atoms with Crippen molar-refractivity contribution in [3.8, 4) is 0 Å². The molecule has 1 atom stereocenters. The Morgan fingerprint density at radius 1 is 1.69 bits per heavy atom. The predicted molar refractivity (Wildman–Crippen MR) is 39.3 cm³/mol. The number of hydrogen-bond acceptors (Lipinski definition) is 3. The summed E-state index contributed by atoms with van der Waals surface area (Å²) >= 11 is 4.41. The van der Waals surface area contributed by atoms with Gasteiger partial charge in [0.05, 0.1) is 6.61 Å². The standard InChI is InChI=1S/C6H8ClF2NO3/c7-6(8,9)5(11)10-13-4-1-2-12-3-4/h4H,1-3H2,(H,10,11). The molecule has 1 unspecified atom stereocenters. The minimum Gasteiger partial charge on any atom is -0.379 e. The molecule has 1 fully saturated rings. The summed E-state index contributed by atoms with van der Waals surface area (Å²) in [5, 5.41) is -3.93. The van der Waals surface area contributed by atoms with Crippen LogP contribution in [0.4, 0.5) is 8.78 Å². The highest BCUT2D eigenvalue weighted by Gasteiger charge is 2.36. The summed E-state index contributed by atoms with van der Waals surface area (Å²) in [6.07, 6.45) is 0.191. The van der Waals surface area contributed by atoms with Crippen molar-refractivity contribution >= 4 is 17.5 Å². The molecule has 7 heteroatoms. The Balaban J connectivity index is 2.22. The monoisotopic (exact) mass is 215 g/mol. The summed E-state index contributed by atoms with van der Waals surface area (Å²) in [4.78, 5) is 15.1. The predicted octanol–water partition coefficient (Wildman–Crippen LogP) is 0.655. The second-order valence-corrected chi connectivity index (χ2v) is 3.01. The van der Waals surface area contributed by atoms with Crippen molar-refractivity contribution in [3.05, 3.63) is 0 Å². The van der Waals surface area contributed by atoms with Gasteiger partial charge in [0, 0.05) is 13.0 Å². The molecule has 13 heavy (non-hydrogen) atoms. The Bertz CT molecular complexity index is 191. The molecule has 1 N–H and O–H groups in total. The van der Waals surface area contributed by atoms with Gasteiger partial charge in [-0.2, -0.15) is 8.78 Å². The highest BCUT2D eigenvalue weighted by Crippen LogP contribution is 2.18. The van der Waals surface area contributed by atoms with Gasteiger partial charge in [-0.05, 0) is 11.6 Å². The van der Waals surface area contributed by atoms with Crippen LogP contribution >= 0.6 is 11.6 Å².